The van der Waals surface area contributed by atoms with Crippen LogP contribution in [0.1, 0.15) is 25.3 Å². The summed E-state index contributed by atoms with van der Waals surface area (Å²) in [5.74, 6) is 2.73. The van der Waals surface area contributed by atoms with Crippen molar-refractivity contribution in [3.05, 3.63) is 48.7 Å². The molecule has 8 nitrogen and oxygen atoms in total. The molecule has 1 fully saturated rings. The van der Waals surface area contributed by atoms with Crippen molar-refractivity contribution in [3.63, 3.8) is 0 Å². The van der Waals surface area contributed by atoms with E-state index in [1.165, 1.54) is 12.8 Å². The molecule has 0 amide bonds. The van der Waals surface area contributed by atoms with Gasteiger partial charge in [-0.2, -0.15) is 5.10 Å². The van der Waals surface area contributed by atoms with Gasteiger partial charge in [-0.1, -0.05) is 0 Å². The third kappa shape index (κ3) is 3.26. The van der Waals surface area contributed by atoms with Gasteiger partial charge in [-0.15, -0.1) is 0 Å². The van der Waals surface area contributed by atoms with E-state index in [1.807, 2.05) is 54.7 Å². The van der Waals surface area contributed by atoms with Crippen molar-refractivity contribution in [1.29, 1.82) is 0 Å². The van der Waals surface area contributed by atoms with E-state index in [-0.39, 0.29) is 12.2 Å². The third-order valence-corrected chi connectivity index (χ3v) is 6.26. The minimum absolute atomic E-state index is 0.0246. The van der Waals surface area contributed by atoms with E-state index in [0.29, 0.717) is 24.0 Å². The summed E-state index contributed by atoms with van der Waals surface area (Å²) in [6.07, 6.45) is 10.0. The number of imidazole rings is 1. The van der Waals surface area contributed by atoms with Crippen molar-refractivity contribution >= 4 is 11.2 Å². The smallest absolute Gasteiger partial charge is 0.204 e. The molecule has 4 heterocycles. The van der Waals surface area contributed by atoms with E-state index in [4.69, 9.17) is 14.2 Å². The predicted molar refractivity (Wildman–Crippen MR) is 119 cm³/mol. The van der Waals surface area contributed by atoms with Crippen LogP contribution in [-0.4, -0.2) is 43.6 Å². The molecule has 2 atom stereocenters. The van der Waals surface area contributed by atoms with Gasteiger partial charge in [0, 0.05) is 30.6 Å². The monoisotopic (exact) mass is 431 g/mol. The maximum Gasteiger partial charge on any atom is 0.204 e. The number of nitrogens with zero attached hydrogens (tertiary/aromatic N) is 5. The molecule has 1 saturated carbocycles. The van der Waals surface area contributed by atoms with Crippen molar-refractivity contribution in [3.8, 4) is 28.4 Å². The molecule has 32 heavy (non-hydrogen) atoms. The van der Waals surface area contributed by atoms with Crippen LogP contribution in [0.2, 0.25) is 0 Å². The molecule has 1 aliphatic carbocycles. The lowest BCUT2D eigenvalue weighted by Gasteiger charge is -2.33. The van der Waals surface area contributed by atoms with Gasteiger partial charge in [-0.3, -0.25) is 4.68 Å². The minimum atomic E-state index is 0.0246. The summed E-state index contributed by atoms with van der Waals surface area (Å²) < 4.78 is 22.0. The van der Waals surface area contributed by atoms with E-state index in [9.17, 15) is 0 Å². The maximum absolute atomic E-state index is 6.32. The van der Waals surface area contributed by atoms with Gasteiger partial charge in [-0.25, -0.2) is 9.97 Å². The van der Waals surface area contributed by atoms with Crippen molar-refractivity contribution in [2.75, 3.05) is 7.11 Å². The summed E-state index contributed by atoms with van der Waals surface area (Å²) in [7, 11) is 3.57. The zero-order valence-electron chi connectivity index (χ0n) is 18.4. The second-order valence-electron chi connectivity index (χ2n) is 8.71. The lowest BCUT2D eigenvalue weighted by molar-refractivity contribution is 0.0161. The molecule has 0 unspecified atom stereocenters. The molecule has 1 aliphatic heterocycles. The predicted octanol–water partition coefficient (Wildman–Crippen LogP) is 3.83. The largest absolute Gasteiger partial charge is 0.493 e. The average molecular weight is 431 g/mol. The fourth-order valence-corrected chi connectivity index (χ4v) is 4.47. The van der Waals surface area contributed by atoms with Crippen LogP contribution in [-0.2, 0) is 13.6 Å². The molecule has 1 aromatic carbocycles. The summed E-state index contributed by atoms with van der Waals surface area (Å²) in [6, 6.07) is 6.09. The maximum atomic E-state index is 6.32. The SMILES string of the molecule is COc1cc(Cn2cnc3cc(-c4cnn(C)c4)cnc32)cc2c1O[C@@H](C1CC1)[C@@H](C)O2. The number of pyridine rings is 1. The van der Waals surface area contributed by atoms with E-state index in [0.717, 1.165) is 33.6 Å². The van der Waals surface area contributed by atoms with Gasteiger partial charge in [0.05, 0.1) is 26.2 Å². The quantitative estimate of drug-likeness (QED) is 0.478. The highest BCUT2D eigenvalue weighted by Gasteiger charge is 2.41. The molecule has 0 bridgehead atoms. The molecular formula is C24H25N5O3. The van der Waals surface area contributed by atoms with E-state index < -0.39 is 0 Å². The van der Waals surface area contributed by atoms with Crippen LogP contribution in [0.3, 0.4) is 0 Å². The van der Waals surface area contributed by atoms with Gasteiger partial charge in [0.15, 0.2) is 17.1 Å². The Kier molecular flexibility index (Phi) is 4.34. The molecule has 3 aromatic heterocycles. The Labute approximate surface area is 185 Å². The molecule has 0 N–H and O–H groups in total. The summed E-state index contributed by atoms with van der Waals surface area (Å²) in [5.41, 5.74) is 4.73. The zero-order chi connectivity index (χ0) is 21.8. The van der Waals surface area contributed by atoms with Crippen molar-refractivity contribution in [2.45, 2.75) is 38.5 Å². The second-order valence-corrected chi connectivity index (χ2v) is 8.71. The highest BCUT2D eigenvalue weighted by Crippen LogP contribution is 2.47. The Morgan fingerprint density at radius 1 is 1.09 bits per heavy atom. The standard InChI is InChI=1S/C24H25N5O3/c1-14-22(16-4-5-16)32-23-20(30-3)6-15(7-21(23)31-14)11-29-13-26-19-8-17(9-25-24(19)29)18-10-27-28(2)12-18/h6-10,12-14,16,22H,4-5,11H2,1-3H3/t14-,22-/m1/s1. The zero-order valence-corrected chi connectivity index (χ0v) is 18.4. The van der Waals surface area contributed by atoms with Crippen molar-refractivity contribution < 1.29 is 14.2 Å². The number of hydrogen-bond donors (Lipinski definition) is 0. The highest BCUT2D eigenvalue weighted by molar-refractivity contribution is 5.77. The van der Waals surface area contributed by atoms with Crippen LogP contribution in [0.4, 0.5) is 0 Å². The summed E-state index contributed by atoms with van der Waals surface area (Å²) in [6.45, 7) is 2.68. The number of hydrogen-bond acceptors (Lipinski definition) is 6. The molecule has 0 radical (unpaired) electrons. The summed E-state index contributed by atoms with van der Waals surface area (Å²) in [5, 5.41) is 4.24. The fraction of sp³-hybridized carbons (Fsp3) is 0.375. The number of fused-ring (bicyclic) bond motifs is 2. The van der Waals surface area contributed by atoms with Gasteiger partial charge < -0.3 is 18.8 Å². The first-order valence-electron chi connectivity index (χ1n) is 10.9. The number of rotatable bonds is 5. The Hall–Kier alpha value is -3.55. The molecule has 8 heteroatoms. The fourth-order valence-electron chi connectivity index (χ4n) is 4.47. The summed E-state index contributed by atoms with van der Waals surface area (Å²) >= 11 is 0. The third-order valence-electron chi connectivity index (χ3n) is 6.26. The van der Waals surface area contributed by atoms with Crippen LogP contribution in [0.5, 0.6) is 17.2 Å². The van der Waals surface area contributed by atoms with Gasteiger partial charge in [-0.05, 0) is 49.4 Å². The minimum Gasteiger partial charge on any atom is -0.493 e. The van der Waals surface area contributed by atoms with E-state index in [1.54, 1.807) is 11.8 Å². The average Bonchev–Trinajstić information content (AvgIpc) is 3.42. The van der Waals surface area contributed by atoms with E-state index >= 15 is 0 Å². The van der Waals surface area contributed by atoms with Crippen LogP contribution >= 0.6 is 0 Å². The Bertz CT molecular complexity index is 1310. The number of methoxy groups -OCH3 is 1. The van der Waals surface area contributed by atoms with E-state index in [2.05, 4.69) is 22.0 Å². The number of aryl methyl sites for hydroxylation is 1. The van der Waals surface area contributed by atoms with Gasteiger partial charge in [0.2, 0.25) is 5.75 Å². The van der Waals surface area contributed by atoms with Crippen molar-refractivity contribution in [2.24, 2.45) is 13.0 Å². The van der Waals surface area contributed by atoms with Crippen LogP contribution in [0.15, 0.2) is 43.1 Å². The Morgan fingerprint density at radius 3 is 2.72 bits per heavy atom. The van der Waals surface area contributed by atoms with Crippen LogP contribution in [0.25, 0.3) is 22.3 Å². The first kappa shape index (κ1) is 19.2. The molecule has 4 aromatic rings. The first-order valence-corrected chi connectivity index (χ1v) is 10.9. The molecule has 0 spiro atoms. The molecule has 164 valence electrons. The van der Waals surface area contributed by atoms with Gasteiger partial charge >= 0.3 is 0 Å². The Morgan fingerprint density at radius 2 is 1.97 bits per heavy atom. The molecular weight excluding hydrogens is 406 g/mol. The molecule has 6 rings (SSSR count). The van der Waals surface area contributed by atoms with Gasteiger partial charge in [0.1, 0.15) is 17.7 Å². The lowest BCUT2D eigenvalue weighted by atomic mass is 10.1. The summed E-state index contributed by atoms with van der Waals surface area (Å²) in [4.78, 5) is 9.25. The Balaban J connectivity index is 1.31. The number of ether oxygens (including phenoxy) is 3. The molecule has 2 aliphatic rings. The number of benzene rings is 1. The van der Waals surface area contributed by atoms with Gasteiger partial charge in [0.25, 0.3) is 0 Å². The highest BCUT2D eigenvalue weighted by atomic mass is 16.6. The second kappa shape index (κ2) is 7.25. The lowest BCUT2D eigenvalue weighted by Crippen LogP contribution is -2.39. The van der Waals surface area contributed by atoms with Crippen molar-refractivity contribution in [1.82, 2.24) is 24.3 Å². The number of aromatic nitrogens is 5. The normalized spacial score (nSPS) is 20.0. The van der Waals surface area contributed by atoms with Crippen LogP contribution < -0.4 is 14.2 Å². The first-order chi connectivity index (χ1) is 15.6. The molecule has 0 saturated heterocycles. The van der Waals surface area contributed by atoms with Crippen LogP contribution in [0, 0.1) is 5.92 Å². The topological polar surface area (TPSA) is 76.2 Å².